The number of halogens is 3. The van der Waals surface area contributed by atoms with Gasteiger partial charge in [-0.1, -0.05) is 24.3 Å². The van der Waals surface area contributed by atoms with Gasteiger partial charge in [0.2, 0.25) is 0 Å². The number of aromatic amines is 2. The van der Waals surface area contributed by atoms with Gasteiger partial charge in [-0.05, 0) is 98.2 Å². The molecule has 2 aliphatic rings. The molecule has 0 spiro atoms. The molecule has 8 nitrogen and oxygen atoms in total. The highest BCUT2D eigenvalue weighted by Crippen LogP contribution is 2.39. The minimum Gasteiger partial charge on any atom is -0.469 e. The first kappa shape index (κ1) is 33.5. The molecule has 5 heterocycles. The van der Waals surface area contributed by atoms with Gasteiger partial charge in [0.1, 0.15) is 5.03 Å². The first-order chi connectivity index (χ1) is 22.4. The van der Waals surface area contributed by atoms with Gasteiger partial charge in [-0.15, -0.1) is 0 Å². The van der Waals surface area contributed by atoms with Gasteiger partial charge < -0.3 is 19.4 Å². The van der Waals surface area contributed by atoms with E-state index in [2.05, 4.69) is 16.5 Å². The van der Waals surface area contributed by atoms with Crippen LogP contribution < -0.4 is 0 Å². The number of hydrogen-bond acceptors (Lipinski definition) is 6. The predicted octanol–water partition coefficient (Wildman–Crippen LogP) is 9.15. The van der Waals surface area contributed by atoms with Crippen molar-refractivity contribution in [3.8, 4) is 0 Å². The maximum Gasteiger partial charge on any atom is 0.305 e. The maximum atomic E-state index is 14.0. The highest BCUT2D eigenvalue weighted by atomic mass is 35.5. The summed E-state index contributed by atoms with van der Waals surface area (Å²) in [7, 11) is 2.69. The van der Waals surface area contributed by atoms with E-state index in [9.17, 15) is 18.4 Å². The summed E-state index contributed by atoms with van der Waals surface area (Å²) >= 11 is 6.22. The number of carbonyl (C=O) groups excluding carboxylic acids is 2. The van der Waals surface area contributed by atoms with Gasteiger partial charge >= 0.3 is 11.9 Å². The Hall–Kier alpha value is -4.83. The SMILES string of the molecule is C=Cc1c(C)c2cc3[nH]c(cc4nc(cc5nc(cc1[nH]2)C(C)=C5CCC(=O)OC)C(CCC(=O)OC)=C4C)c(C)c3C(Cl)=C(F)F. The smallest absolute Gasteiger partial charge is 0.305 e. The number of aromatic nitrogens is 4. The molecule has 3 aromatic rings. The molecule has 0 aromatic carbocycles. The third-order valence-electron chi connectivity index (χ3n) is 8.79. The number of nitrogens with zero attached hydrogens (tertiary/aromatic N) is 2. The van der Waals surface area contributed by atoms with Crippen LogP contribution in [0.2, 0.25) is 0 Å². The topological polar surface area (TPSA) is 110 Å². The largest absolute Gasteiger partial charge is 0.469 e. The van der Waals surface area contributed by atoms with Gasteiger partial charge in [-0.3, -0.25) is 9.59 Å². The number of nitrogens with one attached hydrogen (secondary N) is 2. The summed E-state index contributed by atoms with van der Waals surface area (Å²) in [6, 6.07) is 7.31. The molecule has 8 bridgehead atoms. The first-order valence-electron chi connectivity index (χ1n) is 15.0. The zero-order chi connectivity index (χ0) is 34.2. The maximum absolute atomic E-state index is 14.0. The lowest BCUT2D eigenvalue weighted by Gasteiger charge is -2.06. The van der Waals surface area contributed by atoms with Crippen molar-refractivity contribution in [2.24, 2.45) is 0 Å². The average Bonchev–Trinajstić information content (AvgIpc) is 3.71. The van der Waals surface area contributed by atoms with E-state index in [-0.39, 0.29) is 30.3 Å². The van der Waals surface area contributed by atoms with Crippen molar-refractivity contribution in [2.45, 2.75) is 53.4 Å². The Morgan fingerprint density at radius 1 is 0.766 bits per heavy atom. The summed E-state index contributed by atoms with van der Waals surface area (Å²) < 4.78 is 37.7. The van der Waals surface area contributed by atoms with Gasteiger partial charge in [0, 0.05) is 46.0 Å². The molecule has 5 rings (SSSR count). The Kier molecular flexibility index (Phi) is 9.63. The van der Waals surface area contributed by atoms with E-state index >= 15 is 0 Å². The summed E-state index contributed by atoms with van der Waals surface area (Å²) in [6.45, 7) is 11.5. The number of methoxy groups -OCH3 is 2. The van der Waals surface area contributed by atoms with Crippen LogP contribution >= 0.6 is 11.6 Å². The number of aryl methyl sites for hydroxylation is 2. The van der Waals surface area contributed by atoms with E-state index < -0.39 is 11.1 Å². The van der Waals surface area contributed by atoms with Gasteiger partial charge in [0.05, 0.1) is 37.0 Å². The van der Waals surface area contributed by atoms with Crippen molar-refractivity contribution >= 4 is 79.0 Å². The molecular formula is C36H35ClF2N4O4. The summed E-state index contributed by atoms with van der Waals surface area (Å²) in [5.74, 6) is -0.702. The van der Waals surface area contributed by atoms with Crippen molar-refractivity contribution in [1.82, 2.24) is 19.9 Å². The van der Waals surface area contributed by atoms with Crippen molar-refractivity contribution < 1.29 is 27.8 Å². The van der Waals surface area contributed by atoms with E-state index in [4.69, 9.17) is 31.0 Å². The van der Waals surface area contributed by atoms with E-state index in [1.165, 1.54) is 14.2 Å². The number of rotatable bonds is 8. The lowest BCUT2D eigenvalue weighted by Crippen LogP contribution is -2.01. The molecule has 0 radical (unpaired) electrons. The standard InChI is InChI=1S/C36H35ClF2N4O4/c1-8-21-17(2)26-15-31-34(35(37)36(38)39)20(5)27(43-31)13-24-18(3)22(9-11-32(44)46-6)29(41-24)16-30-23(10-12-33(45)47-7)19(4)25(42-30)14-28(21)40-26/h8,13-16,40,43H,1,9-12H2,2-7H3. The number of hydrogen-bond donors (Lipinski definition) is 2. The third kappa shape index (κ3) is 6.42. The number of allylic oxidation sites excluding steroid dienone is 4. The number of fused-ring (bicyclic) bond motifs is 8. The molecule has 0 unspecified atom stereocenters. The highest BCUT2D eigenvalue weighted by Gasteiger charge is 2.23. The molecule has 0 saturated heterocycles. The molecule has 0 fully saturated rings. The van der Waals surface area contributed by atoms with Crippen LogP contribution in [-0.2, 0) is 19.1 Å². The number of carbonyl (C=O) groups is 2. The van der Waals surface area contributed by atoms with Crippen molar-refractivity contribution in [2.75, 3.05) is 14.2 Å². The van der Waals surface area contributed by atoms with Crippen LogP contribution in [-0.4, -0.2) is 46.1 Å². The quantitative estimate of drug-likeness (QED) is 0.233. The molecule has 244 valence electrons. The second kappa shape index (κ2) is 13.5. The van der Waals surface area contributed by atoms with E-state index in [0.29, 0.717) is 57.7 Å². The zero-order valence-electron chi connectivity index (χ0n) is 27.1. The zero-order valence-corrected chi connectivity index (χ0v) is 27.8. The molecule has 0 atom stereocenters. The van der Waals surface area contributed by atoms with Crippen molar-refractivity contribution in [3.05, 3.63) is 82.0 Å². The van der Waals surface area contributed by atoms with Crippen LogP contribution in [0.3, 0.4) is 0 Å². The molecule has 11 heteroatoms. The first-order valence-corrected chi connectivity index (χ1v) is 15.4. The van der Waals surface area contributed by atoms with Gasteiger partial charge in [-0.25, -0.2) is 9.97 Å². The predicted molar refractivity (Wildman–Crippen MR) is 183 cm³/mol. The normalized spacial score (nSPS) is 12.8. The molecule has 0 amide bonds. The van der Waals surface area contributed by atoms with Crippen LogP contribution in [0.4, 0.5) is 8.78 Å². The number of esters is 2. The van der Waals surface area contributed by atoms with Crippen molar-refractivity contribution in [3.63, 3.8) is 0 Å². The number of ether oxygens (including phenoxy) is 2. The molecule has 3 aromatic heterocycles. The van der Waals surface area contributed by atoms with Crippen LogP contribution in [0, 0.1) is 13.8 Å². The second-order valence-corrected chi connectivity index (χ2v) is 11.8. The van der Waals surface area contributed by atoms with Gasteiger partial charge in [0.15, 0.2) is 0 Å². The Bertz CT molecular complexity index is 2100. The minimum absolute atomic E-state index is 0.130. The highest BCUT2D eigenvalue weighted by molar-refractivity contribution is 6.50. The summed E-state index contributed by atoms with van der Waals surface area (Å²) in [6.07, 6.45) is 0.771. The van der Waals surface area contributed by atoms with Gasteiger partial charge in [-0.2, -0.15) is 8.78 Å². The molecular weight excluding hydrogens is 626 g/mol. The van der Waals surface area contributed by atoms with Gasteiger partial charge in [0.25, 0.3) is 6.08 Å². The van der Waals surface area contributed by atoms with E-state index in [0.717, 1.165) is 38.9 Å². The third-order valence-corrected chi connectivity index (χ3v) is 9.12. The van der Waals surface area contributed by atoms with Crippen molar-refractivity contribution in [1.29, 1.82) is 0 Å². The molecule has 47 heavy (non-hydrogen) atoms. The molecule has 2 N–H and O–H groups in total. The minimum atomic E-state index is -1.99. The molecule has 2 aliphatic heterocycles. The Morgan fingerprint density at radius 2 is 1.26 bits per heavy atom. The lowest BCUT2D eigenvalue weighted by atomic mass is 9.98. The van der Waals surface area contributed by atoms with Crippen LogP contribution in [0.15, 0.2) is 36.9 Å². The Labute approximate surface area is 275 Å². The van der Waals surface area contributed by atoms with E-state index in [1.54, 1.807) is 25.1 Å². The molecule has 0 saturated carbocycles. The second-order valence-electron chi connectivity index (χ2n) is 11.4. The van der Waals surface area contributed by atoms with E-state index in [1.807, 2.05) is 32.9 Å². The molecule has 0 aliphatic carbocycles. The summed E-state index contributed by atoms with van der Waals surface area (Å²) in [5.41, 5.74) is 10.6. The fraction of sp³-hybridized carbons (Fsp3) is 0.278. The lowest BCUT2D eigenvalue weighted by molar-refractivity contribution is -0.141. The summed E-state index contributed by atoms with van der Waals surface area (Å²) in [5, 5.41) is -0.647. The Morgan fingerprint density at radius 3 is 1.74 bits per heavy atom. The Balaban J connectivity index is 1.93. The van der Waals surface area contributed by atoms with Crippen LogP contribution in [0.25, 0.3) is 55.5 Å². The number of H-pyrrole nitrogens is 2. The monoisotopic (exact) mass is 660 g/mol. The fourth-order valence-electron chi connectivity index (χ4n) is 6.05. The summed E-state index contributed by atoms with van der Waals surface area (Å²) in [4.78, 5) is 41.0. The fourth-order valence-corrected chi connectivity index (χ4v) is 6.30. The average molecular weight is 661 g/mol. The van der Waals surface area contributed by atoms with Crippen LogP contribution in [0.5, 0.6) is 0 Å². The van der Waals surface area contributed by atoms with Crippen LogP contribution in [0.1, 0.15) is 84.6 Å².